The molecule has 1 unspecified atom stereocenters. The molecular weight excluding hydrogens is 781 g/mol. The van der Waals surface area contributed by atoms with Crippen molar-refractivity contribution in [2.24, 2.45) is 5.73 Å². The third kappa shape index (κ3) is 42.9. The summed E-state index contributed by atoms with van der Waals surface area (Å²) >= 11 is 0. The van der Waals surface area contributed by atoms with Gasteiger partial charge >= 0.3 is 25.7 Å². The zero-order valence-electron chi connectivity index (χ0n) is 38.6. The summed E-state index contributed by atoms with van der Waals surface area (Å²) in [5.41, 5.74) is 5.34. The average Bonchev–Trinajstić information content (AvgIpc) is 3.22. The second-order valence-electron chi connectivity index (χ2n) is 17.0. The highest BCUT2D eigenvalue weighted by Crippen LogP contribution is 2.43. The van der Waals surface area contributed by atoms with Gasteiger partial charge in [0, 0.05) is 12.8 Å². The van der Waals surface area contributed by atoms with Crippen LogP contribution in [0.25, 0.3) is 0 Å². The number of allylic oxidation sites excluding steroid dienone is 2. The summed E-state index contributed by atoms with van der Waals surface area (Å²) in [7, 11) is -4.72. The molecule has 0 saturated heterocycles. The maximum absolute atomic E-state index is 12.7. The van der Waals surface area contributed by atoms with Crippen LogP contribution in [0.15, 0.2) is 12.2 Å². The smallest absolute Gasteiger partial charge is 0.472 e. The molecule has 0 aromatic rings. The molecule has 0 rings (SSSR count). The number of carbonyl (C=O) groups is 3. The summed E-state index contributed by atoms with van der Waals surface area (Å²) in [6, 6.07) is -1.52. The summed E-state index contributed by atoms with van der Waals surface area (Å²) in [5.74, 6) is -2.40. The van der Waals surface area contributed by atoms with Gasteiger partial charge in [-0.15, -0.1) is 0 Å². The molecular formula is C48H92NO10P. The zero-order valence-corrected chi connectivity index (χ0v) is 39.5. The summed E-state index contributed by atoms with van der Waals surface area (Å²) in [6.07, 6.45) is 45.8. The van der Waals surface area contributed by atoms with Crippen molar-refractivity contribution < 1.29 is 47.5 Å². The average molecular weight is 874 g/mol. The summed E-state index contributed by atoms with van der Waals surface area (Å²) < 4.78 is 32.7. The highest BCUT2D eigenvalue weighted by molar-refractivity contribution is 7.47. The number of hydrogen-bond acceptors (Lipinski definition) is 9. The van der Waals surface area contributed by atoms with E-state index >= 15 is 0 Å². The predicted molar refractivity (Wildman–Crippen MR) is 245 cm³/mol. The van der Waals surface area contributed by atoms with Gasteiger partial charge in [-0.25, -0.2) is 4.57 Å². The molecule has 0 radical (unpaired) electrons. The number of phosphoric acid groups is 1. The Kier molecular flexibility index (Phi) is 42.6. The van der Waals surface area contributed by atoms with E-state index in [1.165, 1.54) is 167 Å². The molecule has 354 valence electrons. The molecule has 4 N–H and O–H groups in total. The largest absolute Gasteiger partial charge is 0.480 e. The standard InChI is InChI=1S/C48H92NO10P/c1-3-5-7-9-11-13-15-17-18-19-20-21-22-23-24-25-26-28-30-32-34-36-38-40-47(51)59-44(42-57-60(54,55)58-43-45(49)48(52)53)41-56-46(50)39-37-35-33-31-29-27-16-14-12-10-8-6-4-2/h32,34,44-45H,3-31,33,35-43,49H2,1-2H3,(H,52,53)(H,54,55)/b34-32+/t44-,45-/m0/s1. The Morgan fingerprint density at radius 2 is 0.850 bits per heavy atom. The molecule has 0 aliphatic carbocycles. The first-order chi connectivity index (χ1) is 29.1. The highest BCUT2D eigenvalue weighted by Gasteiger charge is 2.28. The van der Waals surface area contributed by atoms with Gasteiger partial charge in [-0.05, 0) is 32.1 Å². The summed E-state index contributed by atoms with van der Waals surface area (Å²) in [4.78, 5) is 46.0. The van der Waals surface area contributed by atoms with Gasteiger partial charge in [-0.3, -0.25) is 23.4 Å². The Morgan fingerprint density at radius 3 is 1.27 bits per heavy atom. The fourth-order valence-electron chi connectivity index (χ4n) is 7.13. The quantitative estimate of drug-likeness (QED) is 0.0230. The second-order valence-corrected chi connectivity index (χ2v) is 18.4. The van der Waals surface area contributed by atoms with Crippen molar-refractivity contribution in [2.75, 3.05) is 19.8 Å². The van der Waals surface area contributed by atoms with Crippen LogP contribution in [0.3, 0.4) is 0 Å². The third-order valence-electron chi connectivity index (χ3n) is 11.0. The molecule has 0 fully saturated rings. The highest BCUT2D eigenvalue weighted by atomic mass is 31.2. The molecule has 60 heavy (non-hydrogen) atoms. The molecule has 12 heteroatoms. The first-order valence-corrected chi connectivity index (χ1v) is 26.2. The normalized spacial score (nSPS) is 13.7. The number of aliphatic carboxylic acids is 1. The van der Waals surface area contributed by atoms with Crippen LogP contribution in [0.1, 0.15) is 245 Å². The van der Waals surface area contributed by atoms with E-state index in [1.807, 2.05) is 0 Å². The second kappa shape index (κ2) is 43.9. The van der Waals surface area contributed by atoms with Crippen LogP contribution in [-0.4, -0.2) is 59.9 Å². The zero-order chi connectivity index (χ0) is 44.2. The number of ether oxygens (including phenoxy) is 2. The lowest BCUT2D eigenvalue weighted by Crippen LogP contribution is -2.34. The number of carbonyl (C=O) groups excluding carboxylic acids is 2. The lowest BCUT2D eigenvalue weighted by Gasteiger charge is -2.20. The van der Waals surface area contributed by atoms with Gasteiger partial charge < -0.3 is 25.2 Å². The van der Waals surface area contributed by atoms with E-state index in [-0.39, 0.29) is 19.4 Å². The van der Waals surface area contributed by atoms with E-state index in [1.54, 1.807) is 0 Å². The topological polar surface area (TPSA) is 172 Å². The van der Waals surface area contributed by atoms with Crippen molar-refractivity contribution in [2.45, 2.75) is 257 Å². The first kappa shape index (κ1) is 58.2. The van der Waals surface area contributed by atoms with Crippen molar-refractivity contribution in [3.63, 3.8) is 0 Å². The minimum atomic E-state index is -4.72. The van der Waals surface area contributed by atoms with E-state index in [4.69, 9.17) is 24.8 Å². The third-order valence-corrected chi connectivity index (χ3v) is 12.0. The van der Waals surface area contributed by atoms with Crippen LogP contribution >= 0.6 is 7.82 Å². The Labute approximate surface area is 367 Å². The van der Waals surface area contributed by atoms with Gasteiger partial charge in [0.25, 0.3) is 0 Å². The number of carboxylic acid groups (broad SMARTS) is 1. The Morgan fingerprint density at radius 1 is 0.500 bits per heavy atom. The number of nitrogens with two attached hydrogens (primary N) is 1. The minimum absolute atomic E-state index is 0.119. The number of phosphoric ester groups is 1. The minimum Gasteiger partial charge on any atom is -0.480 e. The van der Waals surface area contributed by atoms with Gasteiger partial charge in [0.2, 0.25) is 0 Å². The SMILES string of the molecule is CCCCCCCCCCCCCCCCCCCC/C=C/CCCC(=O)O[C@@H](COC(=O)CCCCCCCCCCCCCCC)COP(=O)(O)OC[C@H](N)C(=O)O. The van der Waals surface area contributed by atoms with Gasteiger partial charge in [-0.1, -0.05) is 212 Å². The van der Waals surface area contributed by atoms with Crippen molar-refractivity contribution in [3.05, 3.63) is 12.2 Å². The molecule has 0 aromatic carbocycles. The first-order valence-electron chi connectivity index (χ1n) is 24.7. The fourth-order valence-corrected chi connectivity index (χ4v) is 7.91. The number of hydrogen-bond donors (Lipinski definition) is 3. The maximum atomic E-state index is 12.7. The van der Waals surface area contributed by atoms with E-state index in [2.05, 4.69) is 30.5 Å². The summed E-state index contributed by atoms with van der Waals surface area (Å²) in [6.45, 7) is 2.82. The van der Waals surface area contributed by atoms with Crippen LogP contribution in [0.5, 0.6) is 0 Å². The van der Waals surface area contributed by atoms with Crippen molar-refractivity contribution in [3.8, 4) is 0 Å². The molecule has 0 heterocycles. The van der Waals surface area contributed by atoms with Crippen molar-refractivity contribution in [1.82, 2.24) is 0 Å². The number of rotatable bonds is 47. The molecule has 0 aliphatic heterocycles. The van der Waals surface area contributed by atoms with E-state index in [0.29, 0.717) is 19.3 Å². The monoisotopic (exact) mass is 874 g/mol. The van der Waals surface area contributed by atoms with Gasteiger partial charge in [0.1, 0.15) is 12.6 Å². The van der Waals surface area contributed by atoms with Crippen molar-refractivity contribution in [1.29, 1.82) is 0 Å². The van der Waals surface area contributed by atoms with Gasteiger partial charge in [-0.2, -0.15) is 0 Å². The summed E-state index contributed by atoms with van der Waals surface area (Å²) in [5, 5.41) is 8.90. The fraction of sp³-hybridized carbons (Fsp3) is 0.896. The lowest BCUT2D eigenvalue weighted by molar-refractivity contribution is -0.161. The van der Waals surface area contributed by atoms with E-state index in [0.717, 1.165) is 32.1 Å². The van der Waals surface area contributed by atoms with Crippen molar-refractivity contribution >= 4 is 25.7 Å². The van der Waals surface area contributed by atoms with Crippen LogP contribution in [0, 0.1) is 0 Å². The molecule has 0 spiro atoms. The van der Waals surface area contributed by atoms with Gasteiger partial charge in [0.05, 0.1) is 13.2 Å². The molecule has 3 atom stereocenters. The van der Waals surface area contributed by atoms with E-state index in [9.17, 15) is 23.8 Å². The number of unbranched alkanes of at least 4 members (excludes halogenated alkanes) is 31. The van der Waals surface area contributed by atoms with Gasteiger partial charge in [0.15, 0.2) is 6.10 Å². The van der Waals surface area contributed by atoms with Crippen LogP contribution in [0.2, 0.25) is 0 Å². The molecule has 0 aliphatic rings. The Bertz CT molecular complexity index is 1070. The van der Waals surface area contributed by atoms with Crippen LogP contribution in [-0.2, 0) is 37.5 Å². The molecule has 0 aromatic heterocycles. The molecule has 0 amide bonds. The molecule has 0 saturated carbocycles. The van der Waals surface area contributed by atoms with Crippen LogP contribution < -0.4 is 5.73 Å². The molecule has 0 bridgehead atoms. The van der Waals surface area contributed by atoms with E-state index < -0.39 is 51.1 Å². The predicted octanol–water partition coefficient (Wildman–Crippen LogP) is 13.6. The number of esters is 2. The Balaban J connectivity index is 4.22. The molecule has 11 nitrogen and oxygen atoms in total. The number of carboxylic acids is 1. The van der Waals surface area contributed by atoms with Crippen LogP contribution in [0.4, 0.5) is 0 Å². The lowest BCUT2D eigenvalue weighted by atomic mass is 10.0. The Hall–Kier alpha value is -1.78. The maximum Gasteiger partial charge on any atom is 0.472 e.